The Morgan fingerprint density at radius 2 is 2.11 bits per heavy atom. The lowest BCUT2D eigenvalue weighted by Gasteiger charge is -2.29. The van der Waals surface area contributed by atoms with Gasteiger partial charge in [0.05, 0.1) is 6.61 Å². The summed E-state index contributed by atoms with van der Waals surface area (Å²) in [6, 6.07) is -1.25. The summed E-state index contributed by atoms with van der Waals surface area (Å²) in [5.41, 5.74) is 0. The maximum atomic E-state index is 12.3. The molecule has 0 radical (unpaired) electrons. The van der Waals surface area contributed by atoms with Gasteiger partial charge in [-0.15, -0.1) is 0 Å². The molecule has 0 aromatic rings. The minimum Gasteiger partial charge on any atom is -0.480 e. The number of rotatable bonds is 6. The summed E-state index contributed by atoms with van der Waals surface area (Å²) in [4.78, 5) is 11.1. The van der Waals surface area contributed by atoms with E-state index in [9.17, 15) is 13.2 Å². The van der Waals surface area contributed by atoms with Gasteiger partial charge in [-0.2, -0.15) is 17.0 Å². The van der Waals surface area contributed by atoms with Crippen LogP contribution in [0.15, 0.2) is 0 Å². The number of hydrogen-bond acceptors (Lipinski definition) is 4. The summed E-state index contributed by atoms with van der Waals surface area (Å²) in [7, 11) is -0.835. The normalized spacial score (nSPS) is 25.8. The molecule has 1 saturated heterocycles. The highest BCUT2D eigenvalue weighted by atomic mass is 32.2. The molecule has 18 heavy (non-hydrogen) atoms. The first-order chi connectivity index (χ1) is 8.32. The third-order valence-corrected chi connectivity index (χ3v) is 5.27. The molecule has 1 aliphatic heterocycles. The molecule has 1 rings (SSSR count). The zero-order valence-electron chi connectivity index (χ0n) is 10.9. The van der Waals surface area contributed by atoms with Crippen molar-refractivity contribution in [1.29, 1.82) is 0 Å². The Morgan fingerprint density at radius 3 is 2.61 bits per heavy atom. The summed E-state index contributed by atoms with van der Waals surface area (Å²) < 4.78 is 31.6. The van der Waals surface area contributed by atoms with Gasteiger partial charge in [0.15, 0.2) is 0 Å². The number of likely N-dealkylation sites (N-methyl/N-ethyl adjacent to an activating group) is 1. The van der Waals surface area contributed by atoms with Crippen LogP contribution in [0.5, 0.6) is 0 Å². The lowest BCUT2D eigenvalue weighted by Crippen LogP contribution is -2.50. The summed E-state index contributed by atoms with van der Waals surface area (Å²) in [6.45, 7) is 2.20. The Morgan fingerprint density at radius 1 is 1.50 bits per heavy atom. The number of carboxylic acid groups (broad SMARTS) is 1. The fraction of sp³-hybridized carbons (Fsp3) is 0.900. The second-order valence-corrected chi connectivity index (χ2v) is 6.37. The van der Waals surface area contributed by atoms with Crippen molar-refractivity contribution in [2.45, 2.75) is 31.8 Å². The molecule has 0 aliphatic carbocycles. The standard InChI is InChI=1S/C10H20N2O5S/c1-8-4-5-9(10(13)14)12(8)18(15,16)11(2)6-7-17-3/h8-9H,4-7H2,1-3H3,(H,13,14)/t8-,9-/m0/s1. The number of carboxylic acids is 1. The molecule has 0 bridgehead atoms. The highest BCUT2D eigenvalue weighted by Crippen LogP contribution is 2.28. The SMILES string of the molecule is COCCN(C)S(=O)(=O)N1[C@@H](C)CC[C@H]1C(=O)O. The summed E-state index contributed by atoms with van der Waals surface area (Å²) in [6.07, 6.45) is 0.919. The molecule has 0 aromatic carbocycles. The van der Waals surface area contributed by atoms with Gasteiger partial charge in [0, 0.05) is 26.7 Å². The van der Waals surface area contributed by atoms with Crippen molar-refractivity contribution in [1.82, 2.24) is 8.61 Å². The van der Waals surface area contributed by atoms with E-state index >= 15 is 0 Å². The predicted octanol–water partition coefficient (Wildman–Crippen LogP) is -0.253. The average Bonchev–Trinajstić information content (AvgIpc) is 2.68. The van der Waals surface area contributed by atoms with Gasteiger partial charge in [-0.05, 0) is 19.8 Å². The molecule has 1 heterocycles. The number of methoxy groups -OCH3 is 1. The summed E-state index contributed by atoms with van der Waals surface area (Å²) in [5, 5.41) is 9.07. The second-order valence-electron chi connectivity index (χ2n) is 4.43. The highest BCUT2D eigenvalue weighted by Gasteiger charge is 2.44. The Bertz CT molecular complexity index is 397. The molecule has 1 N–H and O–H groups in total. The van der Waals surface area contributed by atoms with Crippen molar-refractivity contribution < 1.29 is 23.1 Å². The number of hydrogen-bond donors (Lipinski definition) is 1. The van der Waals surface area contributed by atoms with Crippen LogP contribution in [0, 0.1) is 0 Å². The van der Waals surface area contributed by atoms with E-state index in [-0.39, 0.29) is 19.2 Å². The maximum Gasteiger partial charge on any atom is 0.322 e. The van der Waals surface area contributed by atoms with Crippen LogP contribution >= 0.6 is 0 Å². The van der Waals surface area contributed by atoms with E-state index in [1.54, 1.807) is 6.92 Å². The quantitative estimate of drug-likeness (QED) is 0.725. The van der Waals surface area contributed by atoms with Crippen LogP contribution in [0.25, 0.3) is 0 Å². The minimum atomic E-state index is -3.75. The smallest absolute Gasteiger partial charge is 0.322 e. The first-order valence-corrected chi connectivity index (χ1v) is 7.18. The maximum absolute atomic E-state index is 12.3. The fourth-order valence-electron chi connectivity index (χ4n) is 2.08. The van der Waals surface area contributed by atoms with Crippen molar-refractivity contribution in [2.75, 3.05) is 27.3 Å². The first-order valence-electron chi connectivity index (χ1n) is 5.79. The van der Waals surface area contributed by atoms with Crippen LogP contribution in [0.1, 0.15) is 19.8 Å². The van der Waals surface area contributed by atoms with Crippen molar-refractivity contribution in [3.63, 3.8) is 0 Å². The van der Waals surface area contributed by atoms with Crippen LogP contribution in [-0.4, -0.2) is 67.5 Å². The Balaban J connectivity index is 2.91. The van der Waals surface area contributed by atoms with Gasteiger partial charge in [-0.25, -0.2) is 0 Å². The van der Waals surface area contributed by atoms with E-state index in [1.807, 2.05) is 0 Å². The van der Waals surface area contributed by atoms with Gasteiger partial charge in [0.25, 0.3) is 10.2 Å². The minimum absolute atomic E-state index is 0.203. The highest BCUT2D eigenvalue weighted by molar-refractivity contribution is 7.86. The van der Waals surface area contributed by atoms with Gasteiger partial charge in [-0.1, -0.05) is 0 Å². The van der Waals surface area contributed by atoms with Crippen molar-refractivity contribution in [3.05, 3.63) is 0 Å². The van der Waals surface area contributed by atoms with E-state index < -0.39 is 22.2 Å². The molecule has 0 amide bonds. The lowest BCUT2D eigenvalue weighted by molar-refractivity contribution is -0.141. The van der Waals surface area contributed by atoms with E-state index in [0.29, 0.717) is 12.8 Å². The molecule has 7 nitrogen and oxygen atoms in total. The third-order valence-electron chi connectivity index (χ3n) is 3.16. The van der Waals surface area contributed by atoms with E-state index in [1.165, 1.54) is 14.2 Å². The molecule has 0 aromatic heterocycles. The molecule has 8 heteroatoms. The van der Waals surface area contributed by atoms with Crippen LogP contribution < -0.4 is 0 Å². The van der Waals surface area contributed by atoms with Gasteiger partial charge < -0.3 is 9.84 Å². The molecule has 0 saturated carbocycles. The van der Waals surface area contributed by atoms with E-state index in [2.05, 4.69) is 0 Å². The van der Waals surface area contributed by atoms with Crippen molar-refractivity contribution in [2.24, 2.45) is 0 Å². The van der Waals surface area contributed by atoms with E-state index in [0.717, 1.165) is 8.61 Å². The zero-order valence-corrected chi connectivity index (χ0v) is 11.7. The molecular formula is C10H20N2O5S. The van der Waals surface area contributed by atoms with Gasteiger partial charge >= 0.3 is 5.97 Å². The first kappa shape index (κ1) is 15.4. The van der Waals surface area contributed by atoms with Gasteiger partial charge in [0.2, 0.25) is 0 Å². The molecular weight excluding hydrogens is 260 g/mol. The molecule has 106 valence electrons. The average molecular weight is 280 g/mol. The number of aliphatic carboxylic acids is 1. The fourth-order valence-corrected chi connectivity index (χ4v) is 3.78. The second kappa shape index (κ2) is 5.96. The van der Waals surface area contributed by atoms with Crippen LogP contribution in [0.4, 0.5) is 0 Å². The van der Waals surface area contributed by atoms with Crippen molar-refractivity contribution in [3.8, 4) is 0 Å². The molecule has 1 fully saturated rings. The van der Waals surface area contributed by atoms with Crippen LogP contribution in [0.2, 0.25) is 0 Å². The van der Waals surface area contributed by atoms with Gasteiger partial charge in [0.1, 0.15) is 6.04 Å². The number of ether oxygens (including phenoxy) is 1. The Hall–Kier alpha value is -0.700. The predicted molar refractivity (Wildman–Crippen MR) is 65.4 cm³/mol. The molecule has 2 atom stereocenters. The molecule has 0 spiro atoms. The van der Waals surface area contributed by atoms with Crippen LogP contribution in [-0.2, 0) is 19.7 Å². The Labute approximate surface area is 108 Å². The Kier molecular flexibility index (Phi) is 5.09. The van der Waals surface area contributed by atoms with Gasteiger partial charge in [-0.3, -0.25) is 4.79 Å². The van der Waals surface area contributed by atoms with E-state index in [4.69, 9.17) is 9.84 Å². The topological polar surface area (TPSA) is 87.2 Å². The number of nitrogens with zero attached hydrogens (tertiary/aromatic N) is 2. The molecule has 1 aliphatic rings. The monoisotopic (exact) mass is 280 g/mol. The summed E-state index contributed by atoms with van der Waals surface area (Å²) in [5.74, 6) is -1.09. The lowest BCUT2D eigenvalue weighted by atomic mass is 10.2. The number of carbonyl (C=O) groups is 1. The summed E-state index contributed by atoms with van der Waals surface area (Å²) >= 11 is 0. The van der Waals surface area contributed by atoms with Crippen LogP contribution in [0.3, 0.4) is 0 Å². The van der Waals surface area contributed by atoms with Crippen molar-refractivity contribution >= 4 is 16.2 Å². The molecule has 0 unspecified atom stereocenters. The zero-order chi connectivity index (χ0) is 13.9. The largest absolute Gasteiger partial charge is 0.480 e. The third kappa shape index (κ3) is 3.00.